The summed E-state index contributed by atoms with van der Waals surface area (Å²) in [5, 5.41) is 20.7. The van der Waals surface area contributed by atoms with Gasteiger partial charge in [0.25, 0.3) is 0 Å². The van der Waals surface area contributed by atoms with E-state index < -0.39 is 0 Å². The van der Waals surface area contributed by atoms with Crippen LogP contribution in [0.25, 0.3) is 0 Å². The highest BCUT2D eigenvalue weighted by atomic mass is 32.1. The zero-order chi connectivity index (χ0) is 11.1. The first-order chi connectivity index (χ1) is 7.26. The highest BCUT2D eigenvalue weighted by Gasteiger charge is 2.07. The number of aryl methyl sites for hydroxylation is 1. The maximum atomic E-state index is 8.90. The molecular weight excluding hydrogens is 212 g/mol. The quantitative estimate of drug-likeness (QED) is 0.721. The minimum atomic E-state index is 0.149. The van der Waals surface area contributed by atoms with Gasteiger partial charge in [-0.1, -0.05) is 0 Å². The van der Waals surface area contributed by atoms with E-state index in [0.29, 0.717) is 6.54 Å². The number of hydrogen-bond acceptors (Lipinski definition) is 5. The summed E-state index contributed by atoms with van der Waals surface area (Å²) in [4.78, 5) is 6.48. The zero-order valence-corrected chi connectivity index (χ0v) is 9.83. The van der Waals surface area contributed by atoms with Crippen LogP contribution in [0, 0.1) is 6.92 Å². The molecule has 0 saturated carbocycles. The molecule has 4 nitrogen and oxygen atoms in total. The van der Waals surface area contributed by atoms with Gasteiger partial charge in [0.1, 0.15) is 5.01 Å². The summed E-state index contributed by atoms with van der Waals surface area (Å²) < 4.78 is 0. The lowest BCUT2D eigenvalue weighted by Crippen LogP contribution is -2.28. The van der Waals surface area contributed by atoms with Crippen LogP contribution in [-0.2, 0) is 6.54 Å². The third kappa shape index (κ3) is 4.70. The fraction of sp³-hybridized carbons (Fsp3) is 0.700. The van der Waals surface area contributed by atoms with Crippen molar-refractivity contribution < 1.29 is 10.2 Å². The SMILES string of the molecule is Cc1csc(CN(CCO)CCCO)n1. The minimum Gasteiger partial charge on any atom is -0.396 e. The van der Waals surface area contributed by atoms with Gasteiger partial charge in [-0.2, -0.15) is 0 Å². The molecule has 1 rings (SSSR count). The van der Waals surface area contributed by atoms with Gasteiger partial charge in [-0.15, -0.1) is 11.3 Å². The molecule has 1 heterocycles. The van der Waals surface area contributed by atoms with Crippen LogP contribution in [0.2, 0.25) is 0 Å². The monoisotopic (exact) mass is 230 g/mol. The Kier molecular flexibility index (Phi) is 5.78. The molecule has 0 amide bonds. The molecule has 0 unspecified atom stereocenters. The summed E-state index contributed by atoms with van der Waals surface area (Å²) >= 11 is 1.64. The Balaban J connectivity index is 2.42. The third-order valence-corrected chi connectivity index (χ3v) is 3.03. The molecule has 0 aliphatic carbocycles. The number of thiazole rings is 1. The minimum absolute atomic E-state index is 0.149. The number of hydrogen-bond donors (Lipinski definition) is 2. The van der Waals surface area contributed by atoms with E-state index >= 15 is 0 Å². The summed E-state index contributed by atoms with van der Waals surface area (Å²) in [7, 11) is 0. The maximum Gasteiger partial charge on any atom is 0.107 e. The molecule has 5 heteroatoms. The molecule has 0 aromatic carbocycles. The second kappa shape index (κ2) is 6.90. The second-order valence-electron chi connectivity index (χ2n) is 3.46. The Morgan fingerprint density at radius 3 is 2.67 bits per heavy atom. The van der Waals surface area contributed by atoms with Crippen LogP contribution < -0.4 is 0 Å². The highest BCUT2D eigenvalue weighted by Crippen LogP contribution is 2.11. The van der Waals surface area contributed by atoms with Crippen molar-refractivity contribution >= 4 is 11.3 Å². The van der Waals surface area contributed by atoms with E-state index in [0.717, 1.165) is 30.2 Å². The molecule has 0 bridgehead atoms. The molecule has 0 radical (unpaired) electrons. The van der Waals surface area contributed by atoms with E-state index in [1.165, 1.54) is 0 Å². The molecule has 0 atom stereocenters. The number of aromatic nitrogens is 1. The molecular formula is C10H18N2O2S. The average molecular weight is 230 g/mol. The molecule has 2 N–H and O–H groups in total. The molecule has 0 spiro atoms. The first-order valence-electron chi connectivity index (χ1n) is 5.11. The van der Waals surface area contributed by atoms with Crippen LogP contribution in [0.4, 0.5) is 0 Å². The Morgan fingerprint density at radius 1 is 1.33 bits per heavy atom. The second-order valence-corrected chi connectivity index (χ2v) is 4.40. The van der Waals surface area contributed by atoms with Gasteiger partial charge in [0.15, 0.2) is 0 Å². The van der Waals surface area contributed by atoms with E-state index in [9.17, 15) is 0 Å². The molecule has 1 aromatic heterocycles. The van der Waals surface area contributed by atoms with Gasteiger partial charge in [-0.3, -0.25) is 4.90 Å². The van der Waals surface area contributed by atoms with Gasteiger partial charge < -0.3 is 10.2 Å². The zero-order valence-electron chi connectivity index (χ0n) is 9.02. The van der Waals surface area contributed by atoms with E-state index in [2.05, 4.69) is 9.88 Å². The van der Waals surface area contributed by atoms with Gasteiger partial charge >= 0.3 is 0 Å². The molecule has 0 aliphatic rings. The standard InChI is InChI=1S/C10H18N2O2S/c1-9-8-15-10(11-9)7-12(4-6-14)3-2-5-13/h8,13-14H,2-7H2,1H3. The van der Waals surface area contributed by atoms with Crippen molar-refractivity contribution in [2.75, 3.05) is 26.3 Å². The van der Waals surface area contributed by atoms with Crippen molar-refractivity contribution in [1.82, 2.24) is 9.88 Å². The van der Waals surface area contributed by atoms with Crippen LogP contribution in [-0.4, -0.2) is 46.4 Å². The van der Waals surface area contributed by atoms with Crippen molar-refractivity contribution in [1.29, 1.82) is 0 Å². The highest BCUT2D eigenvalue weighted by molar-refractivity contribution is 7.09. The lowest BCUT2D eigenvalue weighted by atomic mass is 10.4. The Bertz CT molecular complexity index is 278. The number of rotatable bonds is 7. The predicted molar refractivity (Wildman–Crippen MR) is 60.9 cm³/mol. The van der Waals surface area contributed by atoms with E-state index in [4.69, 9.17) is 10.2 Å². The molecule has 0 aliphatic heterocycles. The molecule has 1 aromatic rings. The number of aliphatic hydroxyl groups is 2. The van der Waals surface area contributed by atoms with Crippen molar-refractivity contribution in [3.8, 4) is 0 Å². The van der Waals surface area contributed by atoms with Gasteiger partial charge in [0, 0.05) is 30.8 Å². The van der Waals surface area contributed by atoms with E-state index in [1.807, 2.05) is 12.3 Å². The first kappa shape index (κ1) is 12.6. The van der Waals surface area contributed by atoms with Crippen molar-refractivity contribution in [3.63, 3.8) is 0 Å². The van der Waals surface area contributed by atoms with E-state index in [-0.39, 0.29) is 13.2 Å². The predicted octanol–water partition coefficient (Wildman–Crippen LogP) is 0.628. The molecule has 86 valence electrons. The summed E-state index contributed by atoms with van der Waals surface area (Å²) in [5.41, 5.74) is 1.04. The summed E-state index contributed by atoms with van der Waals surface area (Å²) in [6.07, 6.45) is 0.740. The number of nitrogens with zero attached hydrogens (tertiary/aromatic N) is 2. The van der Waals surface area contributed by atoms with Crippen molar-refractivity contribution in [2.45, 2.75) is 19.9 Å². The van der Waals surface area contributed by atoms with Crippen LogP contribution >= 0.6 is 11.3 Å². The van der Waals surface area contributed by atoms with Gasteiger partial charge in [-0.05, 0) is 13.3 Å². The average Bonchev–Trinajstić information content (AvgIpc) is 2.61. The van der Waals surface area contributed by atoms with Gasteiger partial charge in [0.2, 0.25) is 0 Å². The summed E-state index contributed by atoms with van der Waals surface area (Å²) in [5.74, 6) is 0. The fourth-order valence-corrected chi connectivity index (χ4v) is 2.19. The van der Waals surface area contributed by atoms with Crippen LogP contribution in [0.5, 0.6) is 0 Å². The molecule has 0 saturated heterocycles. The fourth-order valence-electron chi connectivity index (χ4n) is 1.37. The Morgan fingerprint density at radius 2 is 2.13 bits per heavy atom. The smallest absolute Gasteiger partial charge is 0.107 e. The van der Waals surface area contributed by atoms with Gasteiger partial charge in [-0.25, -0.2) is 4.98 Å². The number of aliphatic hydroxyl groups excluding tert-OH is 2. The topological polar surface area (TPSA) is 56.6 Å². The third-order valence-electron chi connectivity index (χ3n) is 2.07. The Hall–Kier alpha value is -0.490. The molecule has 15 heavy (non-hydrogen) atoms. The van der Waals surface area contributed by atoms with Gasteiger partial charge in [0.05, 0.1) is 13.2 Å². The van der Waals surface area contributed by atoms with Crippen LogP contribution in [0.15, 0.2) is 5.38 Å². The summed E-state index contributed by atoms with van der Waals surface area (Å²) in [6, 6.07) is 0. The maximum absolute atomic E-state index is 8.90. The summed E-state index contributed by atoms with van der Waals surface area (Å²) in [6.45, 7) is 4.52. The van der Waals surface area contributed by atoms with E-state index in [1.54, 1.807) is 11.3 Å². The van der Waals surface area contributed by atoms with Crippen molar-refractivity contribution in [2.24, 2.45) is 0 Å². The van der Waals surface area contributed by atoms with Crippen molar-refractivity contribution in [3.05, 3.63) is 16.1 Å². The normalized spacial score (nSPS) is 11.2. The lowest BCUT2D eigenvalue weighted by Gasteiger charge is -2.19. The lowest BCUT2D eigenvalue weighted by molar-refractivity contribution is 0.174. The van der Waals surface area contributed by atoms with Crippen LogP contribution in [0.3, 0.4) is 0 Å². The first-order valence-corrected chi connectivity index (χ1v) is 5.99. The Labute approximate surface area is 94.2 Å². The van der Waals surface area contributed by atoms with Crippen LogP contribution in [0.1, 0.15) is 17.1 Å². The largest absolute Gasteiger partial charge is 0.396 e. The molecule has 0 fully saturated rings.